The summed E-state index contributed by atoms with van der Waals surface area (Å²) in [4.78, 5) is 22.3. The molecule has 104 valence electrons. The van der Waals surface area contributed by atoms with E-state index in [1.54, 1.807) is 12.1 Å². The summed E-state index contributed by atoms with van der Waals surface area (Å²) in [6.45, 7) is 0.279. The molecule has 0 spiro atoms. The van der Waals surface area contributed by atoms with Crippen LogP contribution in [0.5, 0.6) is 5.75 Å². The Morgan fingerprint density at radius 1 is 1.37 bits per heavy atom. The lowest BCUT2D eigenvalue weighted by Crippen LogP contribution is -2.29. The van der Waals surface area contributed by atoms with Gasteiger partial charge in [0, 0.05) is 12.2 Å². The van der Waals surface area contributed by atoms with E-state index in [-0.39, 0.29) is 25.7 Å². The monoisotopic (exact) mass is 267 g/mol. The molecule has 2 amide bonds. The minimum absolute atomic E-state index is 0.169. The van der Waals surface area contributed by atoms with Crippen LogP contribution in [0.4, 0.5) is 5.69 Å². The predicted molar refractivity (Wildman–Crippen MR) is 69.8 cm³/mol. The molecule has 0 aliphatic heterocycles. The van der Waals surface area contributed by atoms with Gasteiger partial charge in [-0.1, -0.05) is 0 Å². The summed E-state index contributed by atoms with van der Waals surface area (Å²) in [5.41, 5.74) is 11.3. The van der Waals surface area contributed by atoms with E-state index in [2.05, 4.69) is 5.32 Å². The second-order valence-corrected chi connectivity index (χ2v) is 3.73. The van der Waals surface area contributed by atoms with Crippen LogP contribution in [0.15, 0.2) is 18.2 Å². The molecule has 5 N–H and O–H groups in total. The lowest BCUT2D eigenvalue weighted by Gasteiger charge is -2.10. The minimum atomic E-state index is -0.552. The van der Waals surface area contributed by atoms with Crippen LogP contribution in [0.1, 0.15) is 10.4 Å². The molecule has 0 aliphatic rings. The Labute approximate surface area is 110 Å². The van der Waals surface area contributed by atoms with Crippen LogP contribution in [0, 0.1) is 0 Å². The Kier molecular flexibility index (Phi) is 5.62. The van der Waals surface area contributed by atoms with E-state index in [1.807, 2.05) is 0 Å². The van der Waals surface area contributed by atoms with Crippen molar-refractivity contribution in [3.8, 4) is 5.75 Å². The molecule has 0 saturated heterocycles. The highest BCUT2D eigenvalue weighted by Crippen LogP contribution is 2.20. The molecule has 0 heterocycles. The quantitative estimate of drug-likeness (QED) is 0.455. The molecule has 0 saturated carbocycles. The Balaban J connectivity index is 2.49. The van der Waals surface area contributed by atoms with E-state index >= 15 is 0 Å². The number of rotatable bonds is 7. The first-order chi connectivity index (χ1) is 9.04. The van der Waals surface area contributed by atoms with Crippen molar-refractivity contribution in [2.24, 2.45) is 5.73 Å². The van der Waals surface area contributed by atoms with E-state index in [9.17, 15) is 9.59 Å². The van der Waals surface area contributed by atoms with Gasteiger partial charge in [-0.05, 0) is 18.2 Å². The summed E-state index contributed by atoms with van der Waals surface area (Å²) in [5, 5.41) is 2.62. The van der Waals surface area contributed by atoms with Gasteiger partial charge in [0.05, 0.1) is 19.3 Å². The van der Waals surface area contributed by atoms with Crippen LogP contribution in [-0.2, 0) is 9.53 Å². The van der Waals surface area contributed by atoms with Gasteiger partial charge < -0.3 is 26.3 Å². The summed E-state index contributed by atoms with van der Waals surface area (Å²) in [6, 6.07) is 4.79. The summed E-state index contributed by atoms with van der Waals surface area (Å²) in [6.07, 6.45) is 0. The van der Waals surface area contributed by atoms with Crippen LogP contribution in [0.25, 0.3) is 0 Å². The zero-order valence-electron chi connectivity index (χ0n) is 10.6. The van der Waals surface area contributed by atoms with Crippen molar-refractivity contribution < 1.29 is 19.1 Å². The number of nitrogen functional groups attached to an aromatic ring is 1. The SMILES string of the molecule is COc1ccc(N)cc1C(=O)NCCOCC(N)=O. The van der Waals surface area contributed by atoms with E-state index in [0.717, 1.165) is 0 Å². The average molecular weight is 267 g/mol. The maximum absolute atomic E-state index is 11.9. The number of carbonyl (C=O) groups is 2. The molecule has 0 unspecified atom stereocenters. The molecule has 1 aromatic carbocycles. The Hall–Kier alpha value is -2.28. The van der Waals surface area contributed by atoms with E-state index in [4.69, 9.17) is 20.9 Å². The number of hydrogen-bond acceptors (Lipinski definition) is 5. The van der Waals surface area contributed by atoms with Crippen molar-refractivity contribution >= 4 is 17.5 Å². The Morgan fingerprint density at radius 2 is 2.11 bits per heavy atom. The maximum Gasteiger partial charge on any atom is 0.255 e. The normalized spacial score (nSPS) is 9.95. The van der Waals surface area contributed by atoms with E-state index < -0.39 is 5.91 Å². The number of amides is 2. The van der Waals surface area contributed by atoms with Gasteiger partial charge in [0.2, 0.25) is 5.91 Å². The molecular formula is C12H17N3O4. The molecule has 0 aromatic heterocycles. The smallest absolute Gasteiger partial charge is 0.255 e. The topological polar surface area (TPSA) is 117 Å². The number of nitrogens with two attached hydrogens (primary N) is 2. The molecule has 1 rings (SSSR count). The van der Waals surface area contributed by atoms with Gasteiger partial charge in [0.25, 0.3) is 5.91 Å². The van der Waals surface area contributed by atoms with Crippen LogP contribution < -0.4 is 21.5 Å². The predicted octanol–water partition coefficient (Wildman–Crippen LogP) is -0.491. The van der Waals surface area contributed by atoms with Crippen LogP contribution in [0.3, 0.4) is 0 Å². The summed E-state index contributed by atoms with van der Waals surface area (Å²) >= 11 is 0. The van der Waals surface area contributed by atoms with Crippen LogP contribution in [0.2, 0.25) is 0 Å². The fourth-order valence-electron chi connectivity index (χ4n) is 1.41. The standard InChI is InChI=1S/C12H17N3O4/c1-18-10-3-2-8(13)6-9(10)12(17)15-4-5-19-7-11(14)16/h2-3,6H,4-5,7,13H2,1H3,(H2,14,16)(H,15,17). The van der Waals surface area contributed by atoms with Crippen molar-refractivity contribution in [1.29, 1.82) is 0 Å². The number of primary amides is 1. The van der Waals surface area contributed by atoms with Crippen LogP contribution >= 0.6 is 0 Å². The van der Waals surface area contributed by atoms with Gasteiger partial charge in [-0.3, -0.25) is 9.59 Å². The third-order valence-corrected chi connectivity index (χ3v) is 2.24. The number of carbonyl (C=O) groups excluding carboxylic acids is 2. The molecule has 0 atom stereocenters. The second kappa shape index (κ2) is 7.22. The Morgan fingerprint density at radius 3 is 2.74 bits per heavy atom. The van der Waals surface area contributed by atoms with Gasteiger partial charge in [-0.15, -0.1) is 0 Å². The highest BCUT2D eigenvalue weighted by molar-refractivity contribution is 5.97. The zero-order chi connectivity index (χ0) is 14.3. The van der Waals surface area contributed by atoms with Crippen LogP contribution in [-0.4, -0.2) is 38.7 Å². The van der Waals surface area contributed by atoms with Crippen molar-refractivity contribution in [2.75, 3.05) is 32.6 Å². The fourth-order valence-corrected chi connectivity index (χ4v) is 1.41. The van der Waals surface area contributed by atoms with Crippen molar-refractivity contribution in [3.63, 3.8) is 0 Å². The number of benzene rings is 1. The van der Waals surface area contributed by atoms with E-state index in [1.165, 1.54) is 13.2 Å². The number of anilines is 1. The molecular weight excluding hydrogens is 250 g/mol. The first-order valence-electron chi connectivity index (χ1n) is 5.62. The molecule has 0 aliphatic carbocycles. The highest BCUT2D eigenvalue weighted by atomic mass is 16.5. The third kappa shape index (κ3) is 4.84. The molecule has 7 nitrogen and oxygen atoms in total. The summed E-state index contributed by atoms with van der Waals surface area (Å²) < 4.78 is 9.99. The summed E-state index contributed by atoms with van der Waals surface area (Å²) in [5.74, 6) is -0.444. The zero-order valence-corrected chi connectivity index (χ0v) is 10.6. The van der Waals surface area contributed by atoms with Gasteiger partial charge in [0.15, 0.2) is 0 Å². The van der Waals surface area contributed by atoms with Crippen molar-refractivity contribution in [3.05, 3.63) is 23.8 Å². The van der Waals surface area contributed by atoms with E-state index in [0.29, 0.717) is 17.0 Å². The average Bonchev–Trinajstić information content (AvgIpc) is 2.37. The lowest BCUT2D eigenvalue weighted by molar-refractivity contribution is -0.122. The van der Waals surface area contributed by atoms with Gasteiger partial charge in [0.1, 0.15) is 12.4 Å². The molecule has 7 heteroatoms. The van der Waals surface area contributed by atoms with Crippen molar-refractivity contribution in [2.45, 2.75) is 0 Å². The largest absolute Gasteiger partial charge is 0.496 e. The molecule has 1 aromatic rings. The number of hydrogen-bond donors (Lipinski definition) is 3. The second-order valence-electron chi connectivity index (χ2n) is 3.73. The maximum atomic E-state index is 11.9. The van der Waals surface area contributed by atoms with Crippen molar-refractivity contribution in [1.82, 2.24) is 5.32 Å². The number of nitrogens with one attached hydrogen (secondary N) is 1. The molecule has 19 heavy (non-hydrogen) atoms. The minimum Gasteiger partial charge on any atom is -0.496 e. The number of methoxy groups -OCH3 is 1. The van der Waals surface area contributed by atoms with Gasteiger partial charge in [-0.2, -0.15) is 0 Å². The highest BCUT2D eigenvalue weighted by Gasteiger charge is 2.11. The van der Waals surface area contributed by atoms with Gasteiger partial charge >= 0.3 is 0 Å². The Bertz CT molecular complexity index is 462. The molecule has 0 bridgehead atoms. The summed E-state index contributed by atoms with van der Waals surface area (Å²) in [7, 11) is 1.47. The lowest BCUT2D eigenvalue weighted by atomic mass is 10.1. The fraction of sp³-hybridized carbons (Fsp3) is 0.333. The first kappa shape index (κ1) is 14.8. The number of ether oxygens (including phenoxy) is 2. The molecule has 0 fully saturated rings. The molecule has 0 radical (unpaired) electrons. The first-order valence-corrected chi connectivity index (χ1v) is 5.62. The third-order valence-electron chi connectivity index (χ3n) is 2.24. The van der Waals surface area contributed by atoms with Gasteiger partial charge in [-0.25, -0.2) is 0 Å².